The minimum absolute atomic E-state index is 0.537. The second kappa shape index (κ2) is 7.09. The summed E-state index contributed by atoms with van der Waals surface area (Å²) in [6.45, 7) is 7.47. The Morgan fingerprint density at radius 3 is 2.50 bits per heavy atom. The van der Waals surface area contributed by atoms with Gasteiger partial charge in [-0.25, -0.2) is 0 Å². The monoisotopic (exact) mass is 215 g/mol. The number of hydrogen-bond acceptors (Lipinski definition) is 1. The van der Waals surface area contributed by atoms with Gasteiger partial charge in [-0.3, -0.25) is 0 Å². The molecule has 1 rings (SSSR count). The van der Waals surface area contributed by atoms with Crippen molar-refractivity contribution in [3.63, 3.8) is 0 Å². The van der Waals surface area contributed by atoms with Crippen LogP contribution in [-0.2, 0) is 0 Å². The highest BCUT2D eigenvalue weighted by Crippen LogP contribution is 2.05. The second-order valence-corrected chi connectivity index (χ2v) is 4.22. The normalized spacial score (nSPS) is 13.7. The average molecular weight is 215 g/mol. The van der Waals surface area contributed by atoms with Gasteiger partial charge in [-0.05, 0) is 25.0 Å². The van der Waals surface area contributed by atoms with E-state index in [1.807, 2.05) is 30.3 Å². The molecule has 0 amide bonds. The molecular weight excluding hydrogens is 194 g/mol. The van der Waals surface area contributed by atoms with E-state index in [2.05, 4.69) is 37.9 Å². The molecule has 0 aromatic heterocycles. The molecule has 0 heterocycles. The van der Waals surface area contributed by atoms with Crippen LogP contribution in [0.3, 0.4) is 0 Å². The van der Waals surface area contributed by atoms with Crippen molar-refractivity contribution in [2.24, 2.45) is 5.92 Å². The van der Waals surface area contributed by atoms with Crippen molar-refractivity contribution in [2.45, 2.75) is 33.2 Å². The summed E-state index contributed by atoms with van der Waals surface area (Å²) in [6.07, 6.45) is 1.21. The average Bonchev–Trinajstić information content (AvgIpc) is 2.34. The van der Waals surface area contributed by atoms with Crippen LogP contribution in [0.2, 0.25) is 0 Å². The first-order chi connectivity index (χ1) is 7.74. The van der Waals surface area contributed by atoms with Crippen LogP contribution in [0, 0.1) is 17.8 Å². The minimum atomic E-state index is 0.537. The molecule has 86 valence electrons. The van der Waals surface area contributed by atoms with Crippen molar-refractivity contribution in [3.8, 4) is 11.8 Å². The highest BCUT2D eigenvalue weighted by atomic mass is 14.9. The molecule has 0 fully saturated rings. The molecule has 2 atom stereocenters. The third kappa shape index (κ3) is 4.51. The molecule has 0 aliphatic heterocycles. The summed E-state index contributed by atoms with van der Waals surface area (Å²) in [5.74, 6) is 7.00. The Kier molecular flexibility index (Phi) is 5.67. The number of rotatable bonds is 4. The molecule has 0 aliphatic rings. The molecule has 1 heteroatoms. The number of nitrogens with one attached hydrogen (secondary N) is 1. The lowest BCUT2D eigenvalue weighted by Gasteiger charge is -2.18. The predicted molar refractivity (Wildman–Crippen MR) is 70.2 cm³/mol. The number of benzene rings is 1. The van der Waals surface area contributed by atoms with Gasteiger partial charge >= 0.3 is 0 Å². The molecule has 1 N–H and O–H groups in total. The zero-order valence-corrected chi connectivity index (χ0v) is 10.5. The lowest BCUT2D eigenvalue weighted by atomic mass is 10.0. The highest BCUT2D eigenvalue weighted by Gasteiger charge is 2.07. The summed E-state index contributed by atoms with van der Waals surface area (Å²) in [5, 5.41) is 3.43. The van der Waals surface area contributed by atoms with Gasteiger partial charge in [0.2, 0.25) is 0 Å². The molecule has 0 bridgehead atoms. The van der Waals surface area contributed by atoms with Crippen molar-refractivity contribution in [2.75, 3.05) is 6.54 Å². The highest BCUT2D eigenvalue weighted by molar-refractivity contribution is 5.33. The third-order valence-corrected chi connectivity index (χ3v) is 3.02. The largest absolute Gasteiger partial charge is 0.303 e. The Balaban J connectivity index is 2.33. The van der Waals surface area contributed by atoms with Crippen molar-refractivity contribution < 1.29 is 0 Å². The standard InChI is InChI=1S/C15H21N/c1-4-13(2)14(3)16-12-8-11-15-9-6-5-7-10-15/h5-7,9-10,13-14,16H,4,12H2,1-3H3. The third-order valence-electron chi connectivity index (χ3n) is 3.02. The summed E-state index contributed by atoms with van der Waals surface area (Å²) in [4.78, 5) is 0. The first-order valence-corrected chi connectivity index (χ1v) is 6.01. The first-order valence-electron chi connectivity index (χ1n) is 6.01. The van der Waals surface area contributed by atoms with E-state index in [-0.39, 0.29) is 0 Å². The van der Waals surface area contributed by atoms with Crippen LogP contribution in [0.4, 0.5) is 0 Å². The Morgan fingerprint density at radius 1 is 1.19 bits per heavy atom. The maximum Gasteiger partial charge on any atom is 0.0582 e. The zero-order chi connectivity index (χ0) is 11.8. The van der Waals surface area contributed by atoms with Crippen LogP contribution in [0.15, 0.2) is 30.3 Å². The van der Waals surface area contributed by atoms with Gasteiger partial charge < -0.3 is 5.32 Å². The SMILES string of the molecule is CCC(C)C(C)NCC#Cc1ccccc1. The Morgan fingerprint density at radius 2 is 1.88 bits per heavy atom. The van der Waals surface area contributed by atoms with Crippen LogP contribution in [0.25, 0.3) is 0 Å². The van der Waals surface area contributed by atoms with Gasteiger partial charge in [-0.1, -0.05) is 50.3 Å². The molecule has 0 aliphatic carbocycles. The predicted octanol–water partition coefficient (Wildman–Crippen LogP) is 3.06. The summed E-state index contributed by atoms with van der Waals surface area (Å²) in [7, 11) is 0. The van der Waals surface area contributed by atoms with E-state index in [0.717, 1.165) is 12.1 Å². The van der Waals surface area contributed by atoms with Crippen LogP contribution < -0.4 is 5.32 Å². The topological polar surface area (TPSA) is 12.0 Å². The lowest BCUT2D eigenvalue weighted by Crippen LogP contribution is -2.32. The van der Waals surface area contributed by atoms with Gasteiger partial charge in [-0.15, -0.1) is 0 Å². The fourth-order valence-electron chi connectivity index (χ4n) is 1.43. The fraction of sp³-hybridized carbons (Fsp3) is 0.467. The van der Waals surface area contributed by atoms with Crippen LogP contribution in [-0.4, -0.2) is 12.6 Å². The molecule has 1 aromatic carbocycles. The van der Waals surface area contributed by atoms with E-state index in [9.17, 15) is 0 Å². The Bertz CT molecular complexity index is 345. The van der Waals surface area contributed by atoms with Gasteiger partial charge in [0.05, 0.1) is 6.54 Å². The van der Waals surface area contributed by atoms with E-state index in [1.165, 1.54) is 6.42 Å². The molecule has 1 nitrogen and oxygen atoms in total. The fourth-order valence-corrected chi connectivity index (χ4v) is 1.43. The summed E-state index contributed by atoms with van der Waals surface area (Å²) < 4.78 is 0. The van der Waals surface area contributed by atoms with Gasteiger partial charge in [0, 0.05) is 11.6 Å². The van der Waals surface area contributed by atoms with Crippen molar-refractivity contribution in [3.05, 3.63) is 35.9 Å². The summed E-state index contributed by atoms with van der Waals surface area (Å²) in [5.41, 5.74) is 1.08. The molecule has 2 unspecified atom stereocenters. The van der Waals surface area contributed by atoms with E-state index in [0.29, 0.717) is 12.0 Å². The Hall–Kier alpha value is -1.26. The van der Waals surface area contributed by atoms with Gasteiger partial charge in [0.1, 0.15) is 0 Å². The Labute approximate surface area is 99.3 Å². The molecule has 0 saturated carbocycles. The zero-order valence-electron chi connectivity index (χ0n) is 10.5. The second-order valence-electron chi connectivity index (χ2n) is 4.22. The smallest absolute Gasteiger partial charge is 0.0582 e. The maximum absolute atomic E-state index is 3.43. The molecule has 0 saturated heterocycles. The van der Waals surface area contributed by atoms with Crippen LogP contribution >= 0.6 is 0 Å². The van der Waals surface area contributed by atoms with Gasteiger partial charge in [0.25, 0.3) is 0 Å². The van der Waals surface area contributed by atoms with Crippen LogP contribution in [0.1, 0.15) is 32.8 Å². The van der Waals surface area contributed by atoms with E-state index in [1.54, 1.807) is 0 Å². The number of hydrogen-bond donors (Lipinski definition) is 1. The van der Waals surface area contributed by atoms with Crippen LogP contribution in [0.5, 0.6) is 0 Å². The molecule has 0 radical (unpaired) electrons. The van der Waals surface area contributed by atoms with E-state index < -0.39 is 0 Å². The van der Waals surface area contributed by atoms with E-state index in [4.69, 9.17) is 0 Å². The molecule has 0 spiro atoms. The van der Waals surface area contributed by atoms with Crippen molar-refractivity contribution >= 4 is 0 Å². The molecular formula is C15H21N. The van der Waals surface area contributed by atoms with E-state index >= 15 is 0 Å². The maximum atomic E-state index is 3.43. The molecule has 16 heavy (non-hydrogen) atoms. The quantitative estimate of drug-likeness (QED) is 0.761. The van der Waals surface area contributed by atoms with Crippen molar-refractivity contribution in [1.29, 1.82) is 0 Å². The summed E-state index contributed by atoms with van der Waals surface area (Å²) >= 11 is 0. The minimum Gasteiger partial charge on any atom is -0.303 e. The lowest BCUT2D eigenvalue weighted by molar-refractivity contribution is 0.406. The van der Waals surface area contributed by atoms with Gasteiger partial charge in [0.15, 0.2) is 0 Å². The van der Waals surface area contributed by atoms with Crippen molar-refractivity contribution in [1.82, 2.24) is 5.32 Å². The van der Waals surface area contributed by atoms with Gasteiger partial charge in [-0.2, -0.15) is 0 Å². The molecule has 1 aromatic rings. The first kappa shape index (κ1) is 12.8. The summed E-state index contributed by atoms with van der Waals surface area (Å²) in [6, 6.07) is 10.6.